The second-order valence-corrected chi connectivity index (χ2v) is 6.15. The topological polar surface area (TPSA) is 38.8 Å². The van der Waals surface area contributed by atoms with E-state index in [2.05, 4.69) is 11.9 Å². The minimum Gasteiger partial charge on any atom is -0.454 e. The molecule has 0 saturated carbocycles. The second kappa shape index (κ2) is 4.48. The van der Waals surface area contributed by atoms with Gasteiger partial charge in [-0.2, -0.15) is 0 Å². The molecular weight excluding hydrogens is 254 g/mol. The van der Waals surface area contributed by atoms with Gasteiger partial charge >= 0.3 is 0 Å². The first-order valence-electron chi connectivity index (χ1n) is 7.38. The first-order valence-corrected chi connectivity index (χ1v) is 7.38. The van der Waals surface area contributed by atoms with Gasteiger partial charge < -0.3 is 14.4 Å². The minimum absolute atomic E-state index is 0.170. The average molecular weight is 273 g/mol. The third-order valence-corrected chi connectivity index (χ3v) is 5.13. The predicted molar refractivity (Wildman–Crippen MR) is 74.2 cm³/mol. The summed E-state index contributed by atoms with van der Waals surface area (Å²) in [5.41, 5.74) is 0.767. The fourth-order valence-corrected chi connectivity index (χ4v) is 3.91. The predicted octanol–water partition coefficient (Wildman–Crippen LogP) is 2.47. The van der Waals surface area contributed by atoms with E-state index in [1.807, 2.05) is 18.2 Å². The Morgan fingerprint density at radius 3 is 2.60 bits per heavy atom. The standard InChI is InChI=1S/C16H19NO3/c1-17-12-3-4-13(17)7-11(6-12)16(18)10-2-5-14-15(8-10)20-9-19-14/h2,5,8,11-13H,3-4,6-7,9H2,1H3. The first-order chi connectivity index (χ1) is 9.72. The number of hydrogen-bond acceptors (Lipinski definition) is 4. The fourth-order valence-electron chi connectivity index (χ4n) is 3.91. The van der Waals surface area contributed by atoms with Crippen molar-refractivity contribution in [2.45, 2.75) is 37.8 Å². The van der Waals surface area contributed by atoms with Crippen LogP contribution in [0, 0.1) is 5.92 Å². The number of hydrogen-bond donors (Lipinski definition) is 0. The maximum Gasteiger partial charge on any atom is 0.231 e. The molecule has 2 fully saturated rings. The summed E-state index contributed by atoms with van der Waals surface area (Å²) in [6, 6.07) is 6.74. The lowest BCUT2D eigenvalue weighted by molar-refractivity contribution is 0.0767. The molecule has 3 aliphatic rings. The molecule has 2 unspecified atom stereocenters. The largest absolute Gasteiger partial charge is 0.454 e. The molecule has 2 atom stereocenters. The summed E-state index contributed by atoms with van der Waals surface area (Å²) in [7, 11) is 2.20. The molecule has 0 amide bonds. The quantitative estimate of drug-likeness (QED) is 0.776. The number of nitrogens with zero attached hydrogens (tertiary/aromatic N) is 1. The van der Waals surface area contributed by atoms with Crippen molar-refractivity contribution in [3.8, 4) is 11.5 Å². The second-order valence-electron chi connectivity index (χ2n) is 6.15. The van der Waals surface area contributed by atoms with E-state index >= 15 is 0 Å². The molecule has 2 bridgehead atoms. The van der Waals surface area contributed by atoms with Gasteiger partial charge in [-0.3, -0.25) is 4.79 Å². The Bertz CT molecular complexity index is 543. The van der Waals surface area contributed by atoms with Crippen LogP contribution in [0.2, 0.25) is 0 Å². The van der Waals surface area contributed by atoms with Gasteiger partial charge in [0.2, 0.25) is 6.79 Å². The van der Waals surface area contributed by atoms with Crippen LogP contribution in [0.15, 0.2) is 18.2 Å². The molecule has 1 aromatic rings. The molecule has 4 rings (SSSR count). The number of ether oxygens (including phenoxy) is 2. The molecule has 2 saturated heterocycles. The molecule has 0 N–H and O–H groups in total. The van der Waals surface area contributed by atoms with E-state index in [9.17, 15) is 4.79 Å². The van der Waals surface area contributed by atoms with Crippen LogP contribution in [-0.4, -0.2) is 36.6 Å². The van der Waals surface area contributed by atoms with Crippen LogP contribution >= 0.6 is 0 Å². The van der Waals surface area contributed by atoms with Gasteiger partial charge in [0, 0.05) is 23.6 Å². The Balaban J connectivity index is 1.56. The van der Waals surface area contributed by atoms with Gasteiger partial charge in [0.25, 0.3) is 0 Å². The SMILES string of the molecule is CN1C2CCC1CC(C(=O)c1ccc3c(c1)OCO3)C2. The summed E-state index contributed by atoms with van der Waals surface area (Å²) >= 11 is 0. The van der Waals surface area contributed by atoms with Gasteiger partial charge in [-0.05, 0) is 50.9 Å². The smallest absolute Gasteiger partial charge is 0.231 e. The molecule has 4 nitrogen and oxygen atoms in total. The highest BCUT2D eigenvalue weighted by molar-refractivity contribution is 5.98. The van der Waals surface area contributed by atoms with Crippen LogP contribution in [0.25, 0.3) is 0 Å². The first kappa shape index (κ1) is 12.2. The third-order valence-electron chi connectivity index (χ3n) is 5.13. The summed E-state index contributed by atoms with van der Waals surface area (Å²) in [6.07, 6.45) is 4.48. The van der Waals surface area contributed by atoms with Crippen molar-refractivity contribution in [1.29, 1.82) is 0 Å². The van der Waals surface area contributed by atoms with Crippen LogP contribution in [0.1, 0.15) is 36.0 Å². The third kappa shape index (κ3) is 1.82. The summed E-state index contributed by atoms with van der Waals surface area (Å²) in [6.45, 7) is 0.255. The molecule has 0 aromatic heterocycles. The molecule has 3 aliphatic heterocycles. The van der Waals surface area contributed by atoms with E-state index in [0.29, 0.717) is 17.8 Å². The molecule has 3 heterocycles. The Labute approximate surface area is 118 Å². The summed E-state index contributed by atoms with van der Waals surface area (Å²) in [5.74, 6) is 1.88. The fraction of sp³-hybridized carbons (Fsp3) is 0.562. The number of Topliss-reactive ketones (excluding diaryl/α,β-unsaturated/α-hetero) is 1. The number of benzene rings is 1. The highest BCUT2D eigenvalue weighted by Gasteiger charge is 2.41. The number of fused-ring (bicyclic) bond motifs is 3. The maximum atomic E-state index is 12.7. The normalized spacial score (nSPS) is 31.6. The zero-order valence-corrected chi connectivity index (χ0v) is 11.7. The van der Waals surface area contributed by atoms with Gasteiger partial charge in [0.05, 0.1) is 0 Å². The van der Waals surface area contributed by atoms with Crippen LogP contribution in [0.3, 0.4) is 0 Å². The lowest BCUT2D eigenvalue weighted by atomic mass is 9.85. The van der Waals surface area contributed by atoms with Gasteiger partial charge in [-0.1, -0.05) is 0 Å². The van der Waals surface area contributed by atoms with Gasteiger partial charge in [-0.15, -0.1) is 0 Å². The van der Waals surface area contributed by atoms with Crippen molar-refractivity contribution in [2.75, 3.05) is 13.8 Å². The zero-order chi connectivity index (χ0) is 13.7. The Hall–Kier alpha value is -1.55. The van der Waals surface area contributed by atoms with E-state index in [-0.39, 0.29) is 18.5 Å². The van der Waals surface area contributed by atoms with Crippen molar-refractivity contribution in [3.63, 3.8) is 0 Å². The number of rotatable bonds is 2. The lowest BCUT2D eigenvalue weighted by Crippen LogP contribution is -2.42. The van der Waals surface area contributed by atoms with Crippen LogP contribution in [0.5, 0.6) is 11.5 Å². The van der Waals surface area contributed by atoms with Crippen LogP contribution in [-0.2, 0) is 0 Å². The van der Waals surface area contributed by atoms with Crippen molar-refractivity contribution in [3.05, 3.63) is 23.8 Å². The van der Waals surface area contributed by atoms with Crippen molar-refractivity contribution in [1.82, 2.24) is 4.90 Å². The Kier molecular flexibility index (Phi) is 2.74. The van der Waals surface area contributed by atoms with Gasteiger partial charge in [0.15, 0.2) is 17.3 Å². The molecule has 0 aliphatic carbocycles. The summed E-state index contributed by atoms with van der Waals surface area (Å²) in [5, 5.41) is 0. The summed E-state index contributed by atoms with van der Waals surface area (Å²) in [4.78, 5) is 15.2. The molecule has 4 heteroatoms. The lowest BCUT2D eigenvalue weighted by Gasteiger charge is -2.35. The number of carbonyl (C=O) groups excluding carboxylic acids is 1. The molecule has 1 aromatic carbocycles. The van der Waals surface area contributed by atoms with E-state index in [1.165, 1.54) is 12.8 Å². The monoisotopic (exact) mass is 273 g/mol. The van der Waals surface area contributed by atoms with Crippen molar-refractivity contribution < 1.29 is 14.3 Å². The van der Waals surface area contributed by atoms with E-state index in [0.717, 1.165) is 24.2 Å². The van der Waals surface area contributed by atoms with E-state index < -0.39 is 0 Å². The van der Waals surface area contributed by atoms with E-state index in [1.54, 1.807) is 0 Å². The molecule has 106 valence electrons. The van der Waals surface area contributed by atoms with Crippen LogP contribution in [0.4, 0.5) is 0 Å². The molecule has 0 spiro atoms. The van der Waals surface area contributed by atoms with Crippen molar-refractivity contribution >= 4 is 5.78 Å². The number of piperidine rings is 1. The van der Waals surface area contributed by atoms with Gasteiger partial charge in [-0.25, -0.2) is 0 Å². The molecule has 0 radical (unpaired) electrons. The minimum atomic E-state index is 0.170. The summed E-state index contributed by atoms with van der Waals surface area (Å²) < 4.78 is 10.7. The van der Waals surface area contributed by atoms with Crippen LogP contribution < -0.4 is 9.47 Å². The van der Waals surface area contributed by atoms with E-state index in [4.69, 9.17) is 9.47 Å². The highest BCUT2D eigenvalue weighted by atomic mass is 16.7. The molecular formula is C16H19NO3. The Morgan fingerprint density at radius 1 is 1.15 bits per heavy atom. The molecule has 20 heavy (non-hydrogen) atoms. The van der Waals surface area contributed by atoms with Gasteiger partial charge in [0.1, 0.15) is 0 Å². The number of carbonyl (C=O) groups is 1. The van der Waals surface area contributed by atoms with Crippen molar-refractivity contribution in [2.24, 2.45) is 5.92 Å². The highest BCUT2D eigenvalue weighted by Crippen LogP contribution is 2.40. The Morgan fingerprint density at radius 2 is 1.85 bits per heavy atom. The number of ketones is 1. The average Bonchev–Trinajstić information content (AvgIpc) is 2.98. The maximum absolute atomic E-state index is 12.7. The zero-order valence-electron chi connectivity index (χ0n) is 11.7.